The number of likely N-dealkylation sites (tertiary alicyclic amines) is 1. The summed E-state index contributed by atoms with van der Waals surface area (Å²) < 4.78 is 11.6. The molecule has 10 heteroatoms. The highest BCUT2D eigenvalue weighted by molar-refractivity contribution is 9.09. The Kier molecular flexibility index (Phi) is 7.21. The van der Waals surface area contributed by atoms with Gasteiger partial charge in [0, 0.05) is 35.8 Å². The Hall–Kier alpha value is -2.17. The van der Waals surface area contributed by atoms with Gasteiger partial charge in [-0.2, -0.15) is 0 Å². The molecule has 1 unspecified atom stereocenters. The number of halogens is 1. The highest BCUT2D eigenvalue weighted by Crippen LogP contribution is 2.60. The van der Waals surface area contributed by atoms with Crippen molar-refractivity contribution in [3.05, 3.63) is 24.3 Å². The van der Waals surface area contributed by atoms with E-state index in [0.717, 1.165) is 18.8 Å². The lowest BCUT2D eigenvalue weighted by Gasteiger charge is -2.33. The lowest BCUT2D eigenvalue weighted by molar-refractivity contribution is -0.154. The predicted molar refractivity (Wildman–Crippen MR) is 130 cm³/mol. The van der Waals surface area contributed by atoms with Gasteiger partial charge in [0.15, 0.2) is 0 Å². The highest BCUT2D eigenvalue weighted by Gasteiger charge is 2.76. The van der Waals surface area contributed by atoms with E-state index in [2.05, 4.69) is 40.0 Å². The van der Waals surface area contributed by atoms with Gasteiger partial charge in [0.25, 0.3) is 0 Å². The van der Waals surface area contributed by atoms with Crippen LogP contribution in [-0.2, 0) is 23.9 Å². The van der Waals surface area contributed by atoms with Crippen LogP contribution in [0.15, 0.2) is 24.3 Å². The van der Waals surface area contributed by atoms with Crippen molar-refractivity contribution in [2.24, 2.45) is 11.8 Å². The van der Waals surface area contributed by atoms with Crippen LogP contribution in [0.25, 0.3) is 0 Å². The van der Waals surface area contributed by atoms with E-state index in [-0.39, 0.29) is 30.5 Å². The molecule has 2 amide bonds. The topological polar surface area (TPSA) is 108 Å². The Morgan fingerprint density at radius 3 is 2.53 bits per heavy atom. The standard InChI is InChI=1S/C24H32BrN3O6/c1-4-27(5-2)15-9-7-14(8-10-15)26-21(30)20-24-13-16(25)19(34-24)17(23(32)33-6-3)18(24)22(31)28(20)11-12-29/h7-10,16-20,29H,4-6,11-13H2,1-3H3,(H,26,30)/t16?,17-,18+,19-,20-,24+/m0/s1. The van der Waals surface area contributed by atoms with Gasteiger partial charge in [-0.3, -0.25) is 14.4 Å². The molecule has 4 rings (SSSR count). The summed E-state index contributed by atoms with van der Waals surface area (Å²) in [6, 6.07) is 6.57. The molecule has 3 aliphatic heterocycles. The third-order valence-electron chi connectivity index (χ3n) is 7.20. The summed E-state index contributed by atoms with van der Waals surface area (Å²) in [6.45, 7) is 7.49. The second kappa shape index (κ2) is 9.83. The number of esters is 1. The molecule has 6 atom stereocenters. The fourth-order valence-corrected chi connectivity index (χ4v) is 6.78. The lowest BCUT2D eigenvalue weighted by Crippen LogP contribution is -2.54. The second-order valence-corrected chi connectivity index (χ2v) is 10.1. The molecule has 3 saturated heterocycles. The van der Waals surface area contributed by atoms with Crippen LogP contribution in [0.4, 0.5) is 11.4 Å². The molecule has 3 aliphatic rings. The van der Waals surface area contributed by atoms with E-state index in [0.29, 0.717) is 12.1 Å². The molecule has 2 bridgehead atoms. The Labute approximate surface area is 207 Å². The number of alkyl halides is 1. The van der Waals surface area contributed by atoms with Crippen LogP contribution in [0, 0.1) is 11.8 Å². The van der Waals surface area contributed by atoms with Gasteiger partial charge in [-0.05, 0) is 51.5 Å². The zero-order chi connectivity index (χ0) is 24.6. The van der Waals surface area contributed by atoms with Crippen LogP contribution in [0.3, 0.4) is 0 Å². The first-order valence-electron chi connectivity index (χ1n) is 11.9. The van der Waals surface area contributed by atoms with Crippen molar-refractivity contribution < 1.29 is 29.0 Å². The molecule has 0 saturated carbocycles. The van der Waals surface area contributed by atoms with Gasteiger partial charge in [-0.15, -0.1) is 0 Å². The van der Waals surface area contributed by atoms with Crippen molar-refractivity contribution in [1.82, 2.24) is 4.90 Å². The van der Waals surface area contributed by atoms with Gasteiger partial charge in [-0.1, -0.05) is 15.9 Å². The summed E-state index contributed by atoms with van der Waals surface area (Å²) in [5.74, 6) is -2.86. The zero-order valence-corrected chi connectivity index (χ0v) is 21.3. The summed E-state index contributed by atoms with van der Waals surface area (Å²) >= 11 is 3.60. The first-order chi connectivity index (χ1) is 16.3. The summed E-state index contributed by atoms with van der Waals surface area (Å²) in [5.41, 5.74) is 0.493. The molecule has 1 spiro atoms. The number of amides is 2. The summed E-state index contributed by atoms with van der Waals surface area (Å²) in [4.78, 5) is 43.2. The van der Waals surface area contributed by atoms with Gasteiger partial charge in [0.05, 0.1) is 31.2 Å². The summed E-state index contributed by atoms with van der Waals surface area (Å²) in [5, 5.41) is 12.6. The van der Waals surface area contributed by atoms with E-state index in [4.69, 9.17) is 9.47 Å². The Morgan fingerprint density at radius 2 is 1.94 bits per heavy atom. The fourth-order valence-electron chi connectivity index (χ4n) is 5.84. The molecule has 34 heavy (non-hydrogen) atoms. The molecule has 2 N–H and O–H groups in total. The van der Waals surface area contributed by atoms with Crippen LogP contribution < -0.4 is 10.2 Å². The third-order valence-corrected chi connectivity index (χ3v) is 8.05. The SMILES string of the molecule is CCOC(=O)[C@@H]1[C@H]2O[C@@]3(CC2Br)[C@H](C(=O)Nc2ccc(N(CC)CC)cc2)N(CCO)C(=O)[C@@H]13. The van der Waals surface area contributed by atoms with Crippen molar-refractivity contribution in [2.75, 3.05) is 43.1 Å². The monoisotopic (exact) mass is 537 g/mol. The number of ether oxygens (including phenoxy) is 2. The number of rotatable bonds is 9. The van der Waals surface area contributed by atoms with Crippen LogP contribution in [0.5, 0.6) is 0 Å². The van der Waals surface area contributed by atoms with Crippen molar-refractivity contribution in [2.45, 2.75) is 49.8 Å². The number of carbonyl (C=O) groups excluding carboxylic acids is 3. The number of fused-ring (bicyclic) bond motifs is 1. The largest absolute Gasteiger partial charge is 0.466 e. The average Bonchev–Trinajstić information content (AvgIpc) is 3.40. The van der Waals surface area contributed by atoms with Gasteiger partial charge in [0.1, 0.15) is 11.6 Å². The number of benzene rings is 1. The van der Waals surface area contributed by atoms with E-state index < -0.39 is 41.5 Å². The molecule has 3 heterocycles. The number of nitrogens with one attached hydrogen (secondary N) is 1. The van der Waals surface area contributed by atoms with Crippen molar-refractivity contribution in [1.29, 1.82) is 0 Å². The maximum absolute atomic E-state index is 13.6. The second-order valence-electron chi connectivity index (χ2n) is 8.88. The van der Waals surface area contributed by atoms with E-state index in [1.807, 2.05) is 24.3 Å². The average molecular weight is 538 g/mol. The molecular weight excluding hydrogens is 506 g/mol. The van der Waals surface area contributed by atoms with Crippen molar-refractivity contribution in [3.8, 4) is 0 Å². The first-order valence-corrected chi connectivity index (χ1v) is 12.8. The minimum absolute atomic E-state index is 0.0212. The van der Waals surface area contributed by atoms with Crippen LogP contribution >= 0.6 is 15.9 Å². The third kappa shape index (κ3) is 3.89. The molecule has 9 nitrogen and oxygen atoms in total. The van der Waals surface area contributed by atoms with Gasteiger partial charge in [0.2, 0.25) is 11.8 Å². The normalized spacial score (nSPS) is 31.5. The number of carbonyl (C=O) groups is 3. The molecule has 0 aromatic heterocycles. The quantitative estimate of drug-likeness (QED) is 0.365. The smallest absolute Gasteiger partial charge is 0.312 e. The maximum Gasteiger partial charge on any atom is 0.312 e. The molecule has 1 aromatic carbocycles. The Bertz CT molecular complexity index is 939. The van der Waals surface area contributed by atoms with Crippen LogP contribution in [0.2, 0.25) is 0 Å². The summed E-state index contributed by atoms with van der Waals surface area (Å²) in [7, 11) is 0. The Balaban J connectivity index is 1.63. The van der Waals surface area contributed by atoms with Gasteiger partial charge in [-0.25, -0.2) is 0 Å². The van der Waals surface area contributed by atoms with Gasteiger partial charge >= 0.3 is 5.97 Å². The number of anilines is 2. The maximum atomic E-state index is 13.6. The minimum atomic E-state index is -1.16. The van der Waals surface area contributed by atoms with E-state index in [9.17, 15) is 19.5 Å². The highest BCUT2D eigenvalue weighted by atomic mass is 79.9. The van der Waals surface area contributed by atoms with E-state index >= 15 is 0 Å². The number of aliphatic hydroxyl groups excluding tert-OH is 1. The molecular formula is C24H32BrN3O6. The fraction of sp³-hybridized carbons (Fsp3) is 0.625. The molecule has 1 aromatic rings. The van der Waals surface area contributed by atoms with Crippen molar-refractivity contribution >= 4 is 45.1 Å². The number of hydrogen-bond acceptors (Lipinski definition) is 7. The van der Waals surface area contributed by atoms with Crippen LogP contribution in [0.1, 0.15) is 27.2 Å². The zero-order valence-electron chi connectivity index (χ0n) is 19.7. The number of nitrogens with zero attached hydrogens (tertiary/aromatic N) is 2. The summed E-state index contributed by atoms with van der Waals surface area (Å²) in [6.07, 6.45) is -0.141. The van der Waals surface area contributed by atoms with E-state index in [1.54, 1.807) is 6.92 Å². The first kappa shape index (κ1) is 24.9. The predicted octanol–water partition coefficient (Wildman–Crippen LogP) is 1.77. The van der Waals surface area contributed by atoms with E-state index in [1.165, 1.54) is 4.90 Å². The minimum Gasteiger partial charge on any atom is -0.466 e. The molecule has 186 valence electrons. The number of β-amino-alcohol motifs (C(OH)–C–C–N with tert-alkyl or cyclic N) is 1. The number of aliphatic hydroxyl groups is 1. The Morgan fingerprint density at radius 1 is 1.26 bits per heavy atom. The van der Waals surface area contributed by atoms with Gasteiger partial charge < -0.3 is 29.7 Å². The molecule has 3 fully saturated rings. The molecule has 0 radical (unpaired) electrons. The lowest BCUT2D eigenvalue weighted by atomic mass is 9.70. The molecule has 0 aliphatic carbocycles. The van der Waals surface area contributed by atoms with Crippen LogP contribution in [-0.4, -0.2) is 83.2 Å². The number of hydrogen-bond donors (Lipinski definition) is 2. The van der Waals surface area contributed by atoms with Crippen molar-refractivity contribution in [3.63, 3.8) is 0 Å².